The van der Waals surface area contributed by atoms with E-state index in [0.717, 1.165) is 27.5 Å². The maximum atomic E-state index is 10.9. The first kappa shape index (κ1) is 11.4. The number of nitrogen functional groups attached to an aromatic ring is 1. The summed E-state index contributed by atoms with van der Waals surface area (Å²) in [5.74, 6) is 0. The fraction of sp³-hybridized carbons (Fsp3) is 0.0714. The number of amides is 2. The van der Waals surface area contributed by atoms with Crippen molar-refractivity contribution in [1.82, 2.24) is 9.88 Å². The number of carbonyl (C=O) groups is 1. The number of hydrogen-bond donors (Lipinski definition) is 3. The number of urea groups is 1. The molecule has 96 valence electrons. The second-order valence-corrected chi connectivity index (χ2v) is 4.42. The van der Waals surface area contributed by atoms with Crippen LogP contribution in [0.3, 0.4) is 0 Å². The van der Waals surface area contributed by atoms with Crippen molar-refractivity contribution in [2.75, 3.05) is 5.73 Å². The van der Waals surface area contributed by atoms with Crippen LogP contribution in [0.5, 0.6) is 0 Å². The average Bonchev–Trinajstić information content (AvgIpc) is 2.70. The van der Waals surface area contributed by atoms with Crippen molar-refractivity contribution in [2.24, 2.45) is 5.73 Å². The first-order chi connectivity index (χ1) is 9.16. The second kappa shape index (κ2) is 4.20. The van der Waals surface area contributed by atoms with Crippen LogP contribution < -0.4 is 16.8 Å². The van der Waals surface area contributed by atoms with Gasteiger partial charge in [-0.25, -0.2) is 4.79 Å². The van der Waals surface area contributed by atoms with Crippen LogP contribution in [0, 0.1) is 0 Å². The smallest absolute Gasteiger partial charge is 0.313 e. The van der Waals surface area contributed by atoms with Crippen LogP contribution in [0.25, 0.3) is 21.8 Å². The predicted molar refractivity (Wildman–Crippen MR) is 76.6 cm³/mol. The Labute approximate surface area is 109 Å². The summed E-state index contributed by atoms with van der Waals surface area (Å²) in [7, 11) is 0. The molecule has 0 aliphatic rings. The molecule has 0 radical (unpaired) electrons. The zero-order valence-electron chi connectivity index (χ0n) is 10.3. The van der Waals surface area contributed by atoms with Crippen molar-refractivity contribution in [3.05, 3.63) is 42.5 Å². The van der Waals surface area contributed by atoms with Crippen LogP contribution in [-0.2, 0) is 6.67 Å². The molecule has 0 atom stereocenters. The van der Waals surface area contributed by atoms with E-state index in [2.05, 4.69) is 5.32 Å². The van der Waals surface area contributed by atoms with Gasteiger partial charge in [0.05, 0.1) is 17.7 Å². The number of hydrogen-bond acceptors (Lipinski definition) is 2. The Morgan fingerprint density at radius 1 is 1.11 bits per heavy atom. The molecule has 0 spiro atoms. The SMILES string of the molecule is NC(=O)NCn1c2ccccc2c2cc(N)ccc21. The van der Waals surface area contributed by atoms with Gasteiger partial charge >= 0.3 is 6.03 Å². The molecule has 1 aromatic heterocycles. The van der Waals surface area contributed by atoms with Gasteiger partial charge in [0.2, 0.25) is 0 Å². The van der Waals surface area contributed by atoms with Crippen LogP contribution in [-0.4, -0.2) is 10.6 Å². The minimum Gasteiger partial charge on any atom is -0.399 e. The highest BCUT2D eigenvalue weighted by Crippen LogP contribution is 2.29. The average molecular weight is 254 g/mol. The molecule has 0 aliphatic carbocycles. The molecule has 5 nitrogen and oxygen atoms in total. The molecule has 0 saturated carbocycles. The van der Waals surface area contributed by atoms with Crippen molar-refractivity contribution < 1.29 is 4.79 Å². The van der Waals surface area contributed by atoms with Crippen molar-refractivity contribution in [3.8, 4) is 0 Å². The third-order valence-corrected chi connectivity index (χ3v) is 3.21. The molecule has 3 rings (SSSR count). The lowest BCUT2D eigenvalue weighted by Gasteiger charge is -2.07. The van der Waals surface area contributed by atoms with E-state index in [1.165, 1.54) is 0 Å². The summed E-state index contributed by atoms with van der Waals surface area (Å²) in [5, 5.41) is 4.80. The van der Waals surface area contributed by atoms with E-state index in [9.17, 15) is 4.79 Å². The fourth-order valence-electron chi connectivity index (χ4n) is 2.40. The Morgan fingerprint density at radius 3 is 2.63 bits per heavy atom. The normalized spacial score (nSPS) is 10.9. The largest absolute Gasteiger partial charge is 0.399 e. The highest BCUT2D eigenvalue weighted by molar-refractivity contribution is 6.09. The van der Waals surface area contributed by atoms with Gasteiger partial charge in [-0.1, -0.05) is 18.2 Å². The van der Waals surface area contributed by atoms with Crippen molar-refractivity contribution in [1.29, 1.82) is 0 Å². The Morgan fingerprint density at radius 2 is 1.84 bits per heavy atom. The lowest BCUT2D eigenvalue weighted by Crippen LogP contribution is -2.31. The minimum absolute atomic E-state index is 0.337. The first-order valence-electron chi connectivity index (χ1n) is 5.96. The topological polar surface area (TPSA) is 86.1 Å². The molecule has 0 aliphatic heterocycles. The summed E-state index contributed by atoms with van der Waals surface area (Å²) >= 11 is 0. The van der Waals surface area contributed by atoms with Gasteiger partial charge in [-0.15, -0.1) is 0 Å². The maximum Gasteiger partial charge on any atom is 0.313 e. The van der Waals surface area contributed by atoms with E-state index in [1.54, 1.807) is 0 Å². The molecule has 0 fully saturated rings. The van der Waals surface area contributed by atoms with Gasteiger partial charge in [0, 0.05) is 16.5 Å². The number of nitrogens with zero attached hydrogens (tertiary/aromatic N) is 1. The van der Waals surface area contributed by atoms with Gasteiger partial charge in [0.1, 0.15) is 0 Å². The van der Waals surface area contributed by atoms with Crippen molar-refractivity contribution >= 4 is 33.5 Å². The monoisotopic (exact) mass is 254 g/mol. The molecular weight excluding hydrogens is 240 g/mol. The Bertz CT molecular complexity index is 776. The molecule has 0 unspecified atom stereocenters. The molecule has 3 aromatic rings. The summed E-state index contributed by atoms with van der Waals surface area (Å²) in [5.41, 5.74) is 13.8. The van der Waals surface area contributed by atoms with Gasteiger partial charge in [-0.2, -0.15) is 0 Å². The highest BCUT2D eigenvalue weighted by atomic mass is 16.2. The fourth-order valence-corrected chi connectivity index (χ4v) is 2.40. The highest BCUT2D eigenvalue weighted by Gasteiger charge is 2.10. The van der Waals surface area contributed by atoms with Crippen LogP contribution in [0.15, 0.2) is 42.5 Å². The van der Waals surface area contributed by atoms with Gasteiger partial charge in [0.25, 0.3) is 0 Å². The lowest BCUT2D eigenvalue weighted by molar-refractivity contribution is 0.247. The van der Waals surface area contributed by atoms with Crippen LogP contribution in [0.4, 0.5) is 10.5 Å². The van der Waals surface area contributed by atoms with Crippen LogP contribution in [0.2, 0.25) is 0 Å². The number of anilines is 1. The number of nitrogens with one attached hydrogen (secondary N) is 1. The number of carbonyl (C=O) groups excluding carboxylic acids is 1. The molecule has 5 N–H and O–H groups in total. The summed E-state index contributed by atoms with van der Waals surface area (Å²) in [4.78, 5) is 10.9. The summed E-state index contributed by atoms with van der Waals surface area (Å²) in [6.07, 6.45) is 0. The quantitative estimate of drug-likeness (QED) is 0.611. The van der Waals surface area contributed by atoms with E-state index in [0.29, 0.717) is 6.67 Å². The number of aromatic nitrogens is 1. The number of nitrogens with two attached hydrogens (primary N) is 2. The number of fused-ring (bicyclic) bond motifs is 3. The van der Waals surface area contributed by atoms with Crippen molar-refractivity contribution in [3.63, 3.8) is 0 Å². The molecule has 2 aromatic carbocycles. The summed E-state index contributed by atoms with van der Waals surface area (Å²) in [6.45, 7) is 0.337. The lowest BCUT2D eigenvalue weighted by atomic mass is 10.1. The molecule has 0 bridgehead atoms. The molecule has 0 saturated heterocycles. The molecule has 19 heavy (non-hydrogen) atoms. The summed E-state index contributed by atoms with van der Waals surface area (Å²) in [6, 6.07) is 13.2. The Hall–Kier alpha value is -2.69. The number of para-hydroxylation sites is 1. The standard InChI is InChI=1S/C14H14N4O/c15-9-5-6-13-11(7-9)10-3-1-2-4-12(10)18(13)8-17-14(16)19/h1-7H,8,15H2,(H3,16,17,19). The molecule has 2 amide bonds. The molecule has 5 heteroatoms. The van der Waals surface area contributed by atoms with E-state index in [4.69, 9.17) is 11.5 Å². The Balaban J connectivity index is 2.29. The third-order valence-electron chi connectivity index (χ3n) is 3.21. The van der Waals surface area contributed by atoms with Gasteiger partial charge in [0.15, 0.2) is 0 Å². The van der Waals surface area contributed by atoms with E-state index in [-0.39, 0.29) is 0 Å². The number of benzene rings is 2. The number of rotatable bonds is 2. The van der Waals surface area contributed by atoms with E-state index < -0.39 is 6.03 Å². The predicted octanol–water partition coefficient (Wildman–Crippen LogP) is 2.00. The van der Waals surface area contributed by atoms with Crippen molar-refractivity contribution in [2.45, 2.75) is 6.67 Å². The summed E-state index contributed by atoms with van der Waals surface area (Å²) < 4.78 is 2.01. The minimum atomic E-state index is -0.540. The molecule has 1 heterocycles. The van der Waals surface area contributed by atoms with Crippen LogP contribution in [0.1, 0.15) is 0 Å². The molecular formula is C14H14N4O. The van der Waals surface area contributed by atoms with Crippen LogP contribution >= 0.6 is 0 Å². The second-order valence-electron chi connectivity index (χ2n) is 4.42. The third kappa shape index (κ3) is 1.85. The first-order valence-corrected chi connectivity index (χ1v) is 5.96. The van der Waals surface area contributed by atoms with E-state index in [1.807, 2.05) is 47.0 Å². The van der Waals surface area contributed by atoms with Gasteiger partial charge < -0.3 is 21.4 Å². The zero-order valence-corrected chi connectivity index (χ0v) is 10.3. The van der Waals surface area contributed by atoms with Gasteiger partial charge in [-0.05, 0) is 24.3 Å². The zero-order chi connectivity index (χ0) is 13.4. The Kier molecular flexibility index (Phi) is 2.52. The maximum absolute atomic E-state index is 10.9. The van der Waals surface area contributed by atoms with E-state index >= 15 is 0 Å². The number of primary amides is 1. The van der Waals surface area contributed by atoms with Gasteiger partial charge in [-0.3, -0.25) is 0 Å².